The molecule has 0 atom stereocenters. The number of hydrogen-bond donors (Lipinski definition) is 2. The van der Waals surface area contributed by atoms with Crippen molar-refractivity contribution in [1.29, 1.82) is 0 Å². The van der Waals surface area contributed by atoms with Crippen LogP contribution < -0.4 is 5.32 Å². The van der Waals surface area contributed by atoms with E-state index in [4.69, 9.17) is 4.74 Å². The van der Waals surface area contributed by atoms with E-state index >= 15 is 0 Å². The number of hydrogen-bond acceptors (Lipinski definition) is 4. The SMILES string of the molecule is COC(=O)c1ccccc1Nc1nc2ccccc2[nH]1. The number of esters is 1. The average Bonchev–Trinajstić information content (AvgIpc) is 2.89. The van der Waals surface area contributed by atoms with Gasteiger partial charge in [0.05, 0.1) is 29.4 Å². The van der Waals surface area contributed by atoms with Crippen molar-refractivity contribution < 1.29 is 9.53 Å². The summed E-state index contributed by atoms with van der Waals surface area (Å²) in [6.45, 7) is 0. The number of anilines is 2. The van der Waals surface area contributed by atoms with Crippen LogP contribution in [0.1, 0.15) is 10.4 Å². The molecule has 0 radical (unpaired) electrons. The number of rotatable bonds is 3. The molecule has 20 heavy (non-hydrogen) atoms. The minimum atomic E-state index is -0.385. The number of fused-ring (bicyclic) bond motifs is 1. The van der Waals surface area contributed by atoms with E-state index in [1.54, 1.807) is 18.2 Å². The Labute approximate surface area is 115 Å². The van der Waals surface area contributed by atoms with Gasteiger partial charge in [-0.1, -0.05) is 24.3 Å². The second-order valence-corrected chi connectivity index (χ2v) is 4.26. The predicted molar refractivity (Wildman–Crippen MR) is 77.2 cm³/mol. The number of carbonyl (C=O) groups excluding carboxylic acids is 1. The first-order chi connectivity index (χ1) is 9.78. The molecule has 0 saturated carbocycles. The fourth-order valence-electron chi connectivity index (χ4n) is 2.02. The zero-order chi connectivity index (χ0) is 13.9. The van der Waals surface area contributed by atoms with Gasteiger partial charge in [0.1, 0.15) is 0 Å². The fourth-order valence-corrected chi connectivity index (χ4v) is 2.02. The Morgan fingerprint density at radius 2 is 1.90 bits per heavy atom. The van der Waals surface area contributed by atoms with Crippen molar-refractivity contribution in [2.45, 2.75) is 0 Å². The summed E-state index contributed by atoms with van der Waals surface area (Å²) < 4.78 is 4.76. The Bertz CT molecular complexity index is 731. The van der Waals surface area contributed by atoms with E-state index in [0.29, 0.717) is 17.2 Å². The molecule has 1 heterocycles. The summed E-state index contributed by atoms with van der Waals surface area (Å²) in [4.78, 5) is 19.3. The molecule has 0 bridgehead atoms. The van der Waals surface area contributed by atoms with Crippen molar-refractivity contribution >= 4 is 28.6 Å². The number of H-pyrrole nitrogens is 1. The maximum Gasteiger partial charge on any atom is 0.339 e. The van der Waals surface area contributed by atoms with Gasteiger partial charge in [0.25, 0.3) is 0 Å². The zero-order valence-corrected chi connectivity index (χ0v) is 10.9. The second-order valence-electron chi connectivity index (χ2n) is 4.26. The van der Waals surface area contributed by atoms with Crippen molar-refractivity contribution in [3.63, 3.8) is 0 Å². The summed E-state index contributed by atoms with van der Waals surface area (Å²) in [5.74, 6) is 0.201. The molecule has 0 aliphatic heterocycles. The number of imidazole rings is 1. The lowest BCUT2D eigenvalue weighted by molar-refractivity contribution is 0.0602. The number of nitrogens with zero attached hydrogens (tertiary/aromatic N) is 1. The van der Waals surface area contributed by atoms with Gasteiger partial charge in [-0.05, 0) is 24.3 Å². The average molecular weight is 267 g/mol. The van der Waals surface area contributed by atoms with Gasteiger partial charge in [0.15, 0.2) is 0 Å². The monoisotopic (exact) mass is 267 g/mol. The first-order valence-corrected chi connectivity index (χ1v) is 6.17. The zero-order valence-electron chi connectivity index (χ0n) is 10.9. The second kappa shape index (κ2) is 5.05. The third-order valence-electron chi connectivity index (χ3n) is 2.97. The highest BCUT2D eigenvalue weighted by Gasteiger charge is 2.12. The molecule has 5 nitrogen and oxygen atoms in total. The standard InChI is InChI=1S/C15H13N3O2/c1-20-14(19)10-6-2-3-7-11(10)16-15-17-12-8-4-5-9-13(12)18-15/h2-9H,1H3,(H2,16,17,18). The Hall–Kier alpha value is -2.82. The number of methoxy groups -OCH3 is 1. The van der Waals surface area contributed by atoms with Crippen LogP contribution in [0.2, 0.25) is 0 Å². The van der Waals surface area contributed by atoms with Crippen molar-refractivity contribution in [3.05, 3.63) is 54.1 Å². The van der Waals surface area contributed by atoms with E-state index in [-0.39, 0.29) is 5.97 Å². The predicted octanol–water partition coefficient (Wildman–Crippen LogP) is 3.09. The van der Waals surface area contributed by atoms with Gasteiger partial charge in [-0.3, -0.25) is 0 Å². The van der Waals surface area contributed by atoms with Crippen molar-refractivity contribution in [3.8, 4) is 0 Å². The van der Waals surface area contributed by atoms with Crippen molar-refractivity contribution in [2.24, 2.45) is 0 Å². The van der Waals surface area contributed by atoms with Crippen LogP contribution in [0, 0.1) is 0 Å². The highest BCUT2D eigenvalue weighted by molar-refractivity contribution is 5.96. The Kier molecular flexibility index (Phi) is 3.09. The molecule has 3 aromatic rings. The van der Waals surface area contributed by atoms with Gasteiger partial charge in [-0.15, -0.1) is 0 Å². The van der Waals surface area contributed by atoms with Crippen LogP contribution in [0.25, 0.3) is 11.0 Å². The molecule has 0 aliphatic rings. The fraction of sp³-hybridized carbons (Fsp3) is 0.0667. The number of carbonyl (C=O) groups is 1. The van der Waals surface area contributed by atoms with E-state index in [2.05, 4.69) is 15.3 Å². The molecule has 0 fully saturated rings. The molecule has 2 N–H and O–H groups in total. The van der Waals surface area contributed by atoms with Crippen LogP contribution in [-0.4, -0.2) is 23.0 Å². The van der Waals surface area contributed by atoms with E-state index in [1.807, 2.05) is 30.3 Å². The molecule has 1 aromatic heterocycles. The molecule has 0 saturated heterocycles. The van der Waals surface area contributed by atoms with Gasteiger partial charge in [-0.2, -0.15) is 0 Å². The van der Waals surface area contributed by atoms with Crippen LogP contribution in [-0.2, 0) is 4.74 Å². The molecule has 0 unspecified atom stereocenters. The quantitative estimate of drug-likeness (QED) is 0.715. The highest BCUT2D eigenvalue weighted by atomic mass is 16.5. The van der Waals surface area contributed by atoms with Crippen LogP contribution in [0.5, 0.6) is 0 Å². The van der Waals surface area contributed by atoms with E-state index in [9.17, 15) is 4.79 Å². The van der Waals surface area contributed by atoms with Gasteiger partial charge in [0, 0.05) is 0 Å². The van der Waals surface area contributed by atoms with Crippen LogP contribution in [0.15, 0.2) is 48.5 Å². The van der Waals surface area contributed by atoms with Gasteiger partial charge in [0.2, 0.25) is 5.95 Å². The van der Waals surface area contributed by atoms with Crippen LogP contribution in [0.3, 0.4) is 0 Å². The Balaban J connectivity index is 1.96. The summed E-state index contributed by atoms with van der Waals surface area (Å²) in [7, 11) is 1.36. The smallest absolute Gasteiger partial charge is 0.339 e. The molecule has 0 amide bonds. The van der Waals surface area contributed by atoms with E-state index < -0.39 is 0 Å². The van der Waals surface area contributed by atoms with Gasteiger partial charge >= 0.3 is 5.97 Å². The first kappa shape index (κ1) is 12.2. The first-order valence-electron chi connectivity index (χ1n) is 6.17. The maximum atomic E-state index is 11.7. The largest absolute Gasteiger partial charge is 0.465 e. The summed E-state index contributed by atoms with van der Waals surface area (Å²) in [6, 6.07) is 14.9. The summed E-state index contributed by atoms with van der Waals surface area (Å²) in [6.07, 6.45) is 0. The topological polar surface area (TPSA) is 67.0 Å². The lowest BCUT2D eigenvalue weighted by Gasteiger charge is -2.07. The minimum absolute atomic E-state index is 0.385. The Morgan fingerprint density at radius 3 is 2.70 bits per heavy atom. The van der Waals surface area contributed by atoms with E-state index in [0.717, 1.165) is 11.0 Å². The third-order valence-corrected chi connectivity index (χ3v) is 2.97. The van der Waals surface area contributed by atoms with Crippen LogP contribution >= 0.6 is 0 Å². The van der Waals surface area contributed by atoms with Crippen molar-refractivity contribution in [2.75, 3.05) is 12.4 Å². The molecule has 0 aliphatic carbocycles. The maximum absolute atomic E-state index is 11.7. The summed E-state index contributed by atoms with van der Waals surface area (Å²) in [5, 5.41) is 3.11. The molecule has 100 valence electrons. The van der Waals surface area contributed by atoms with Gasteiger partial charge < -0.3 is 15.0 Å². The summed E-state index contributed by atoms with van der Waals surface area (Å²) >= 11 is 0. The number of para-hydroxylation sites is 3. The molecule has 2 aromatic carbocycles. The third kappa shape index (κ3) is 2.21. The lowest BCUT2D eigenvalue weighted by atomic mass is 10.2. The number of benzene rings is 2. The van der Waals surface area contributed by atoms with Gasteiger partial charge in [-0.25, -0.2) is 9.78 Å². The normalized spacial score (nSPS) is 10.4. The molecular weight excluding hydrogens is 254 g/mol. The Morgan fingerprint density at radius 1 is 1.15 bits per heavy atom. The highest BCUT2D eigenvalue weighted by Crippen LogP contribution is 2.21. The molecular formula is C15H13N3O2. The number of aromatic nitrogens is 2. The molecule has 0 spiro atoms. The molecule has 5 heteroatoms. The molecule has 3 rings (SSSR count). The lowest BCUT2D eigenvalue weighted by Crippen LogP contribution is -2.05. The van der Waals surface area contributed by atoms with Crippen molar-refractivity contribution in [1.82, 2.24) is 9.97 Å². The summed E-state index contributed by atoms with van der Waals surface area (Å²) in [5.41, 5.74) is 2.92. The van der Waals surface area contributed by atoms with E-state index in [1.165, 1.54) is 7.11 Å². The number of nitrogens with one attached hydrogen (secondary N) is 2. The minimum Gasteiger partial charge on any atom is -0.465 e. The van der Waals surface area contributed by atoms with Crippen LogP contribution in [0.4, 0.5) is 11.6 Å². The number of aromatic amines is 1. The number of ether oxygens (including phenoxy) is 1.